The predicted octanol–water partition coefficient (Wildman–Crippen LogP) is 1.30. The van der Waals surface area contributed by atoms with Gasteiger partial charge in [0.1, 0.15) is 0 Å². The highest BCUT2D eigenvalue weighted by Gasteiger charge is 2.42. The smallest absolute Gasteiger partial charge is 0.240 e. The lowest BCUT2D eigenvalue weighted by molar-refractivity contribution is -0.130. The van der Waals surface area contributed by atoms with E-state index in [1.807, 2.05) is 10.8 Å². The SMILES string of the molecule is CC(C)(C)C(Cn1ccnc1)NC(=O)C1(N)CCC1. The third-order valence-electron chi connectivity index (χ3n) is 4.00. The number of carbonyl (C=O) groups is 1. The van der Waals surface area contributed by atoms with Gasteiger partial charge in [0.2, 0.25) is 5.91 Å². The van der Waals surface area contributed by atoms with E-state index in [4.69, 9.17) is 5.73 Å². The van der Waals surface area contributed by atoms with Crippen LogP contribution < -0.4 is 11.1 Å². The van der Waals surface area contributed by atoms with Gasteiger partial charge in [0.25, 0.3) is 0 Å². The molecule has 1 heterocycles. The van der Waals surface area contributed by atoms with Gasteiger partial charge in [0.15, 0.2) is 0 Å². The van der Waals surface area contributed by atoms with E-state index in [2.05, 4.69) is 31.1 Å². The van der Waals surface area contributed by atoms with Crippen molar-refractivity contribution in [1.29, 1.82) is 0 Å². The van der Waals surface area contributed by atoms with E-state index in [1.165, 1.54) is 0 Å². The molecule has 1 aromatic rings. The first-order valence-corrected chi connectivity index (χ1v) is 6.87. The molecular formula is C14H24N4O. The molecular weight excluding hydrogens is 240 g/mol. The first-order chi connectivity index (χ1) is 8.81. The van der Waals surface area contributed by atoms with Gasteiger partial charge in [-0.05, 0) is 24.7 Å². The molecule has 0 radical (unpaired) electrons. The van der Waals surface area contributed by atoms with Crippen molar-refractivity contribution in [3.05, 3.63) is 18.7 Å². The molecule has 1 aromatic heterocycles. The summed E-state index contributed by atoms with van der Waals surface area (Å²) in [6.45, 7) is 7.09. The van der Waals surface area contributed by atoms with Crippen LogP contribution in [0.15, 0.2) is 18.7 Å². The molecule has 5 nitrogen and oxygen atoms in total. The first kappa shape index (κ1) is 14.1. The predicted molar refractivity (Wildman–Crippen MR) is 74.4 cm³/mol. The number of carbonyl (C=O) groups excluding carboxylic acids is 1. The van der Waals surface area contributed by atoms with Crippen molar-refractivity contribution in [2.24, 2.45) is 11.1 Å². The molecule has 2 rings (SSSR count). The summed E-state index contributed by atoms with van der Waals surface area (Å²) in [7, 11) is 0. The van der Waals surface area contributed by atoms with Crippen molar-refractivity contribution < 1.29 is 4.79 Å². The Hall–Kier alpha value is -1.36. The average Bonchev–Trinajstić information content (AvgIpc) is 2.76. The Bertz CT molecular complexity index is 429. The van der Waals surface area contributed by atoms with E-state index in [0.29, 0.717) is 6.54 Å². The summed E-state index contributed by atoms with van der Waals surface area (Å²) in [6, 6.07) is 0.0372. The summed E-state index contributed by atoms with van der Waals surface area (Å²) in [5, 5.41) is 3.13. The van der Waals surface area contributed by atoms with Crippen LogP contribution in [0.4, 0.5) is 0 Å². The van der Waals surface area contributed by atoms with Crippen molar-refractivity contribution in [2.45, 2.75) is 58.2 Å². The number of hydrogen-bond donors (Lipinski definition) is 2. The Kier molecular flexibility index (Phi) is 3.67. The van der Waals surface area contributed by atoms with Crippen LogP contribution in [0.1, 0.15) is 40.0 Å². The zero-order chi connectivity index (χ0) is 14.1. The fourth-order valence-electron chi connectivity index (χ4n) is 2.23. The summed E-state index contributed by atoms with van der Waals surface area (Å²) in [4.78, 5) is 16.3. The molecule has 1 aliphatic rings. The molecule has 1 aliphatic carbocycles. The number of imidazole rings is 1. The highest BCUT2D eigenvalue weighted by atomic mass is 16.2. The quantitative estimate of drug-likeness (QED) is 0.861. The van der Waals surface area contributed by atoms with Crippen molar-refractivity contribution in [3.63, 3.8) is 0 Å². The largest absolute Gasteiger partial charge is 0.349 e. The van der Waals surface area contributed by atoms with Gasteiger partial charge in [0.05, 0.1) is 17.9 Å². The minimum absolute atomic E-state index is 0.0150. The minimum atomic E-state index is -0.640. The van der Waals surface area contributed by atoms with Gasteiger partial charge in [0, 0.05) is 18.9 Å². The number of aromatic nitrogens is 2. The second-order valence-corrected chi connectivity index (χ2v) is 6.66. The summed E-state index contributed by atoms with van der Waals surface area (Å²) in [5.74, 6) is -0.0150. The lowest BCUT2D eigenvalue weighted by atomic mass is 9.76. The van der Waals surface area contributed by atoms with E-state index in [1.54, 1.807) is 12.5 Å². The Morgan fingerprint density at radius 1 is 1.53 bits per heavy atom. The molecule has 1 saturated carbocycles. The molecule has 1 amide bonds. The number of nitrogens with two attached hydrogens (primary N) is 1. The van der Waals surface area contributed by atoms with Gasteiger partial charge in [-0.25, -0.2) is 4.98 Å². The number of nitrogens with one attached hydrogen (secondary N) is 1. The van der Waals surface area contributed by atoms with Crippen LogP contribution in [0, 0.1) is 5.41 Å². The second-order valence-electron chi connectivity index (χ2n) is 6.66. The average molecular weight is 264 g/mol. The zero-order valence-corrected chi connectivity index (χ0v) is 12.0. The van der Waals surface area contributed by atoms with Gasteiger partial charge >= 0.3 is 0 Å². The van der Waals surface area contributed by atoms with E-state index >= 15 is 0 Å². The third-order valence-corrected chi connectivity index (χ3v) is 4.00. The summed E-state index contributed by atoms with van der Waals surface area (Å²) in [5.41, 5.74) is 5.41. The van der Waals surface area contributed by atoms with Crippen LogP contribution in [-0.2, 0) is 11.3 Å². The van der Waals surface area contributed by atoms with Crippen molar-refractivity contribution in [3.8, 4) is 0 Å². The minimum Gasteiger partial charge on any atom is -0.349 e. The summed E-state index contributed by atoms with van der Waals surface area (Å²) in [6.07, 6.45) is 8.06. The van der Waals surface area contributed by atoms with E-state index in [-0.39, 0.29) is 17.4 Å². The van der Waals surface area contributed by atoms with Crippen LogP contribution in [0.2, 0.25) is 0 Å². The Morgan fingerprint density at radius 2 is 2.21 bits per heavy atom. The third kappa shape index (κ3) is 3.15. The van der Waals surface area contributed by atoms with E-state index < -0.39 is 5.54 Å². The molecule has 0 aromatic carbocycles. The fourth-order valence-corrected chi connectivity index (χ4v) is 2.23. The molecule has 5 heteroatoms. The molecule has 0 spiro atoms. The Labute approximate surface area is 114 Å². The van der Waals surface area contributed by atoms with Gasteiger partial charge in [-0.1, -0.05) is 20.8 Å². The number of rotatable bonds is 4. The van der Waals surface area contributed by atoms with Crippen LogP contribution in [0.5, 0.6) is 0 Å². The monoisotopic (exact) mass is 264 g/mol. The topological polar surface area (TPSA) is 72.9 Å². The van der Waals surface area contributed by atoms with Crippen molar-refractivity contribution >= 4 is 5.91 Å². The first-order valence-electron chi connectivity index (χ1n) is 6.87. The molecule has 3 N–H and O–H groups in total. The Balaban J connectivity index is 2.04. The zero-order valence-electron chi connectivity index (χ0n) is 12.0. The van der Waals surface area contributed by atoms with Crippen LogP contribution in [0.3, 0.4) is 0 Å². The van der Waals surface area contributed by atoms with Gasteiger partial charge in [-0.15, -0.1) is 0 Å². The molecule has 1 unspecified atom stereocenters. The lowest BCUT2D eigenvalue weighted by Gasteiger charge is -2.40. The molecule has 106 valence electrons. The van der Waals surface area contributed by atoms with E-state index in [9.17, 15) is 4.79 Å². The molecule has 0 saturated heterocycles. The van der Waals surface area contributed by atoms with Crippen LogP contribution >= 0.6 is 0 Å². The van der Waals surface area contributed by atoms with Crippen molar-refractivity contribution in [2.75, 3.05) is 0 Å². The highest BCUT2D eigenvalue weighted by Crippen LogP contribution is 2.30. The van der Waals surface area contributed by atoms with E-state index in [0.717, 1.165) is 19.3 Å². The number of hydrogen-bond acceptors (Lipinski definition) is 3. The van der Waals surface area contributed by atoms with Crippen molar-refractivity contribution in [1.82, 2.24) is 14.9 Å². The maximum atomic E-state index is 12.3. The second kappa shape index (κ2) is 4.96. The molecule has 19 heavy (non-hydrogen) atoms. The molecule has 1 atom stereocenters. The maximum absolute atomic E-state index is 12.3. The highest BCUT2D eigenvalue weighted by molar-refractivity contribution is 5.87. The number of amides is 1. The molecule has 1 fully saturated rings. The Morgan fingerprint density at radius 3 is 2.63 bits per heavy atom. The summed E-state index contributed by atoms with van der Waals surface area (Å²) >= 11 is 0. The van der Waals surface area contributed by atoms with Gasteiger partial charge < -0.3 is 15.6 Å². The normalized spacial score (nSPS) is 19.6. The van der Waals surface area contributed by atoms with Gasteiger partial charge in [-0.3, -0.25) is 4.79 Å². The van der Waals surface area contributed by atoms with Crippen LogP contribution in [0.25, 0.3) is 0 Å². The fraction of sp³-hybridized carbons (Fsp3) is 0.714. The van der Waals surface area contributed by atoms with Crippen LogP contribution in [-0.4, -0.2) is 27.0 Å². The summed E-state index contributed by atoms with van der Waals surface area (Å²) < 4.78 is 1.99. The number of nitrogens with zero attached hydrogens (tertiary/aromatic N) is 2. The standard InChI is InChI=1S/C14H24N4O/c1-13(2,3)11(9-18-8-7-16-10-18)17-12(19)14(15)5-4-6-14/h7-8,10-11H,4-6,9,15H2,1-3H3,(H,17,19). The maximum Gasteiger partial charge on any atom is 0.240 e. The van der Waals surface area contributed by atoms with Gasteiger partial charge in [-0.2, -0.15) is 0 Å². The lowest BCUT2D eigenvalue weighted by Crippen LogP contribution is -2.62. The molecule has 0 bridgehead atoms. The molecule has 0 aliphatic heterocycles.